The minimum absolute atomic E-state index is 0.134. The average Bonchev–Trinajstić information content (AvgIpc) is 2.61. The second kappa shape index (κ2) is 7.23. The van der Waals surface area contributed by atoms with Gasteiger partial charge < -0.3 is 20.5 Å². The van der Waals surface area contributed by atoms with Gasteiger partial charge in [0.15, 0.2) is 4.73 Å². The van der Waals surface area contributed by atoms with E-state index in [9.17, 15) is 9.59 Å². The number of nitrogens with one attached hydrogen (secondary N) is 1. The number of carbonyl (C=O) groups excluding carboxylic acids is 2. The summed E-state index contributed by atoms with van der Waals surface area (Å²) in [6.45, 7) is 8.25. The maximum Gasteiger partial charge on any atom is 0.240 e. The second-order valence-corrected chi connectivity index (χ2v) is 8.17. The first-order chi connectivity index (χ1) is 11.1. The van der Waals surface area contributed by atoms with Crippen molar-refractivity contribution in [2.75, 3.05) is 13.6 Å². The van der Waals surface area contributed by atoms with Crippen molar-refractivity contribution in [1.82, 2.24) is 19.8 Å². The van der Waals surface area contributed by atoms with Crippen molar-refractivity contribution in [3.63, 3.8) is 0 Å². The van der Waals surface area contributed by atoms with Crippen LogP contribution in [0.15, 0.2) is 4.73 Å². The highest BCUT2D eigenvalue weighted by Gasteiger charge is 2.31. The molecule has 0 radical (unpaired) electrons. The number of nitrogens with zero attached hydrogens (tertiary/aromatic N) is 3. The van der Waals surface area contributed by atoms with Crippen LogP contribution in [0.3, 0.4) is 0 Å². The number of aromatic nitrogens is 2. The number of fused-ring (bicyclic) bond motifs is 1. The molecule has 0 aliphatic carbocycles. The van der Waals surface area contributed by atoms with Crippen LogP contribution in [0.1, 0.15) is 38.6 Å². The van der Waals surface area contributed by atoms with Crippen LogP contribution in [-0.2, 0) is 29.1 Å². The summed E-state index contributed by atoms with van der Waals surface area (Å²) >= 11 is 3.48. The van der Waals surface area contributed by atoms with Gasteiger partial charge in [-0.25, -0.2) is 4.98 Å². The van der Waals surface area contributed by atoms with Gasteiger partial charge in [0.25, 0.3) is 0 Å². The molecule has 134 valence electrons. The maximum atomic E-state index is 12.4. The molecule has 1 aromatic heterocycles. The predicted octanol–water partition coefficient (Wildman–Crippen LogP) is 1.04. The molecular weight excluding hydrogens is 374 g/mol. The van der Waals surface area contributed by atoms with Crippen LogP contribution >= 0.6 is 15.9 Å². The van der Waals surface area contributed by atoms with Gasteiger partial charge in [-0.3, -0.25) is 9.59 Å². The Kier molecular flexibility index (Phi) is 5.70. The summed E-state index contributed by atoms with van der Waals surface area (Å²) in [5.74, 6) is -0.769. The molecule has 0 saturated heterocycles. The predicted molar refractivity (Wildman–Crippen MR) is 95.2 cm³/mol. The van der Waals surface area contributed by atoms with Gasteiger partial charge in [-0.15, -0.1) is 0 Å². The van der Waals surface area contributed by atoms with E-state index in [1.165, 1.54) is 0 Å². The minimum Gasteiger partial charge on any atom is -0.368 e. The van der Waals surface area contributed by atoms with Crippen LogP contribution in [0.25, 0.3) is 0 Å². The van der Waals surface area contributed by atoms with Crippen molar-refractivity contribution in [2.45, 2.75) is 52.7 Å². The molecule has 8 heteroatoms. The smallest absolute Gasteiger partial charge is 0.240 e. The summed E-state index contributed by atoms with van der Waals surface area (Å²) in [5.41, 5.74) is 6.78. The van der Waals surface area contributed by atoms with E-state index in [1.807, 2.05) is 20.8 Å². The van der Waals surface area contributed by atoms with Crippen molar-refractivity contribution in [3.8, 4) is 0 Å². The molecule has 0 bridgehead atoms. The zero-order valence-corrected chi connectivity index (χ0v) is 16.3. The zero-order chi connectivity index (χ0) is 18.1. The molecule has 0 unspecified atom stereocenters. The third-order valence-corrected chi connectivity index (χ3v) is 4.84. The Morgan fingerprint density at radius 2 is 2.04 bits per heavy atom. The molecule has 1 aliphatic heterocycles. The van der Waals surface area contributed by atoms with Gasteiger partial charge in [0.1, 0.15) is 6.04 Å². The molecule has 7 nitrogen and oxygen atoms in total. The molecule has 3 N–H and O–H groups in total. The van der Waals surface area contributed by atoms with Crippen LogP contribution < -0.4 is 11.1 Å². The van der Waals surface area contributed by atoms with Crippen molar-refractivity contribution in [2.24, 2.45) is 11.1 Å². The van der Waals surface area contributed by atoms with E-state index in [1.54, 1.807) is 0 Å². The van der Waals surface area contributed by atoms with Gasteiger partial charge in [-0.2, -0.15) is 0 Å². The summed E-state index contributed by atoms with van der Waals surface area (Å²) in [6, 6.07) is -0.711. The molecule has 1 aromatic rings. The fourth-order valence-electron chi connectivity index (χ4n) is 2.96. The first kappa shape index (κ1) is 18.9. The molecular formula is C16H26BrN5O2. The molecule has 0 spiro atoms. The number of primary amides is 1. The van der Waals surface area contributed by atoms with Crippen molar-refractivity contribution >= 4 is 27.7 Å². The van der Waals surface area contributed by atoms with Crippen LogP contribution in [0, 0.1) is 5.41 Å². The Bertz CT molecular complexity index is 635. The highest BCUT2D eigenvalue weighted by atomic mass is 79.9. The summed E-state index contributed by atoms with van der Waals surface area (Å²) in [5, 5.41) is 2.76. The lowest BCUT2D eigenvalue weighted by Gasteiger charge is -2.28. The Labute approximate surface area is 151 Å². The summed E-state index contributed by atoms with van der Waals surface area (Å²) in [6.07, 6.45) is 1.17. The van der Waals surface area contributed by atoms with E-state index in [0.29, 0.717) is 0 Å². The molecule has 2 rings (SSSR count). The first-order valence-corrected chi connectivity index (χ1v) is 8.90. The molecule has 2 heterocycles. The van der Waals surface area contributed by atoms with Gasteiger partial charge in [0.2, 0.25) is 11.8 Å². The molecule has 24 heavy (non-hydrogen) atoms. The quantitative estimate of drug-likeness (QED) is 0.790. The van der Waals surface area contributed by atoms with E-state index in [2.05, 4.69) is 42.7 Å². The molecule has 0 fully saturated rings. The standard InChI is InChI=1S/C16H26BrN5O2/c1-16(2,3)13(14(18)24)20-12(23)8-10-11-9-21(4)6-5-7-22(11)15(17)19-10/h13H,5-9H2,1-4H3,(H2,18,24)(H,20,23)/t13-/m1/s1. The molecule has 0 saturated carbocycles. The van der Waals surface area contributed by atoms with Crippen LogP contribution in [0.4, 0.5) is 0 Å². The van der Waals surface area contributed by atoms with E-state index in [4.69, 9.17) is 5.73 Å². The minimum atomic E-state index is -0.711. The van der Waals surface area contributed by atoms with E-state index in [-0.39, 0.29) is 12.3 Å². The lowest BCUT2D eigenvalue weighted by Crippen LogP contribution is -2.52. The Morgan fingerprint density at radius 1 is 1.38 bits per heavy atom. The van der Waals surface area contributed by atoms with Gasteiger partial charge >= 0.3 is 0 Å². The number of halogens is 1. The third kappa shape index (κ3) is 4.36. The fraction of sp³-hybridized carbons (Fsp3) is 0.688. The average molecular weight is 400 g/mol. The van der Waals surface area contributed by atoms with Gasteiger partial charge in [-0.1, -0.05) is 20.8 Å². The van der Waals surface area contributed by atoms with Crippen LogP contribution in [0.2, 0.25) is 0 Å². The highest BCUT2D eigenvalue weighted by Crippen LogP contribution is 2.23. The van der Waals surface area contributed by atoms with E-state index >= 15 is 0 Å². The maximum absolute atomic E-state index is 12.4. The lowest BCUT2D eigenvalue weighted by molar-refractivity contribution is -0.129. The number of amides is 2. The zero-order valence-electron chi connectivity index (χ0n) is 14.7. The summed E-state index contributed by atoms with van der Waals surface area (Å²) in [7, 11) is 2.06. The SMILES string of the molecule is CN1CCCn2c(Br)nc(CC(=O)N[C@H](C(N)=O)C(C)(C)C)c2C1. The summed E-state index contributed by atoms with van der Waals surface area (Å²) in [4.78, 5) is 30.8. The Morgan fingerprint density at radius 3 is 2.62 bits per heavy atom. The fourth-order valence-corrected chi connectivity index (χ4v) is 3.57. The largest absolute Gasteiger partial charge is 0.368 e. The Hall–Kier alpha value is -1.41. The second-order valence-electron chi connectivity index (χ2n) is 7.46. The van der Waals surface area contributed by atoms with Gasteiger partial charge in [0, 0.05) is 13.1 Å². The number of imidazole rings is 1. The van der Waals surface area contributed by atoms with E-state index in [0.717, 1.165) is 42.2 Å². The molecule has 1 atom stereocenters. The van der Waals surface area contributed by atoms with E-state index < -0.39 is 17.4 Å². The number of nitrogens with two attached hydrogens (primary N) is 1. The third-order valence-electron chi connectivity index (χ3n) is 4.23. The topological polar surface area (TPSA) is 93.2 Å². The summed E-state index contributed by atoms with van der Waals surface area (Å²) < 4.78 is 2.86. The van der Waals surface area contributed by atoms with Crippen molar-refractivity contribution in [3.05, 3.63) is 16.1 Å². The number of hydrogen-bond donors (Lipinski definition) is 2. The molecule has 0 aromatic carbocycles. The van der Waals surface area contributed by atoms with Crippen LogP contribution in [0.5, 0.6) is 0 Å². The number of hydrogen-bond acceptors (Lipinski definition) is 4. The van der Waals surface area contributed by atoms with Gasteiger partial charge in [-0.05, 0) is 41.4 Å². The monoisotopic (exact) mass is 399 g/mol. The number of rotatable bonds is 4. The van der Waals surface area contributed by atoms with Crippen molar-refractivity contribution in [1.29, 1.82) is 0 Å². The van der Waals surface area contributed by atoms with Crippen LogP contribution in [-0.4, -0.2) is 45.9 Å². The Balaban J connectivity index is 2.16. The lowest BCUT2D eigenvalue weighted by atomic mass is 9.86. The highest BCUT2D eigenvalue weighted by molar-refractivity contribution is 9.10. The van der Waals surface area contributed by atoms with Gasteiger partial charge in [0.05, 0.1) is 17.8 Å². The molecule has 1 aliphatic rings. The normalized spacial score (nSPS) is 17.0. The van der Waals surface area contributed by atoms with Crippen molar-refractivity contribution < 1.29 is 9.59 Å². The number of carbonyl (C=O) groups is 2. The first-order valence-electron chi connectivity index (χ1n) is 8.10. The molecule has 2 amide bonds.